The third-order valence-corrected chi connectivity index (χ3v) is 4.53. The Balaban J connectivity index is 1.70. The molecule has 2 aliphatic rings. The van der Waals surface area contributed by atoms with Crippen molar-refractivity contribution in [3.63, 3.8) is 0 Å². The molecule has 2 aliphatic carbocycles. The Morgan fingerprint density at radius 3 is 2.44 bits per heavy atom. The van der Waals surface area contributed by atoms with Gasteiger partial charge in [0.25, 0.3) is 0 Å². The van der Waals surface area contributed by atoms with Crippen LogP contribution in [0.5, 0.6) is 0 Å². The van der Waals surface area contributed by atoms with Crippen molar-refractivity contribution in [3.8, 4) is 0 Å². The van der Waals surface area contributed by atoms with Crippen LogP contribution in [0.25, 0.3) is 0 Å². The van der Waals surface area contributed by atoms with Crippen molar-refractivity contribution in [2.45, 2.75) is 76.4 Å². The van der Waals surface area contributed by atoms with Gasteiger partial charge in [-0.2, -0.15) is 0 Å². The minimum absolute atomic E-state index is 0.290. The number of nitrogens with zero attached hydrogens (tertiary/aromatic N) is 1. The highest BCUT2D eigenvalue weighted by atomic mass is 16.3. The van der Waals surface area contributed by atoms with E-state index in [1.165, 1.54) is 44.9 Å². The topological polar surface area (TPSA) is 35.5 Å². The molecule has 3 nitrogen and oxygen atoms in total. The van der Waals surface area contributed by atoms with Crippen molar-refractivity contribution in [3.05, 3.63) is 0 Å². The van der Waals surface area contributed by atoms with Crippen LogP contribution in [0.3, 0.4) is 0 Å². The Labute approximate surface area is 112 Å². The lowest BCUT2D eigenvalue weighted by atomic mass is 9.94. The van der Waals surface area contributed by atoms with Crippen LogP contribution in [0.15, 0.2) is 0 Å². The van der Waals surface area contributed by atoms with Crippen LogP contribution in [0.4, 0.5) is 0 Å². The maximum absolute atomic E-state index is 9.42. The first-order valence-corrected chi connectivity index (χ1v) is 7.94. The van der Waals surface area contributed by atoms with Crippen molar-refractivity contribution in [2.75, 3.05) is 19.7 Å². The maximum Gasteiger partial charge on any atom is 0.0585 e. The number of aliphatic hydroxyl groups excluding tert-OH is 1. The van der Waals surface area contributed by atoms with Gasteiger partial charge in [-0.3, -0.25) is 0 Å². The minimum Gasteiger partial charge on any atom is -0.395 e. The molecule has 3 heteroatoms. The first-order valence-electron chi connectivity index (χ1n) is 7.94. The molecule has 2 N–H and O–H groups in total. The maximum atomic E-state index is 9.42. The second kappa shape index (κ2) is 7.46. The van der Waals surface area contributed by atoms with Gasteiger partial charge in [0.15, 0.2) is 0 Å². The molecular weight excluding hydrogens is 224 g/mol. The molecule has 2 fully saturated rings. The molecule has 2 rings (SSSR count). The van der Waals surface area contributed by atoms with Crippen molar-refractivity contribution in [1.82, 2.24) is 10.2 Å². The van der Waals surface area contributed by atoms with E-state index in [4.69, 9.17) is 0 Å². The summed E-state index contributed by atoms with van der Waals surface area (Å²) in [5.74, 6) is 0. The largest absolute Gasteiger partial charge is 0.395 e. The molecule has 18 heavy (non-hydrogen) atoms. The molecule has 0 saturated heterocycles. The predicted molar refractivity (Wildman–Crippen MR) is 75.8 cm³/mol. The summed E-state index contributed by atoms with van der Waals surface area (Å²) in [4.78, 5) is 2.64. The van der Waals surface area contributed by atoms with E-state index in [1.54, 1.807) is 0 Å². The third kappa shape index (κ3) is 4.52. The van der Waals surface area contributed by atoms with Crippen molar-refractivity contribution in [1.29, 1.82) is 0 Å². The van der Waals surface area contributed by atoms with Crippen LogP contribution in [-0.4, -0.2) is 47.8 Å². The lowest BCUT2D eigenvalue weighted by molar-refractivity contribution is 0.145. The summed E-state index contributed by atoms with van der Waals surface area (Å²) < 4.78 is 0. The Kier molecular flexibility index (Phi) is 5.93. The summed E-state index contributed by atoms with van der Waals surface area (Å²) >= 11 is 0. The molecule has 0 amide bonds. The van der Waals surface area contributed by atoms with Gasteiger partial charge in [0.05, 0.1) is 6.61 Å². The van der Waals surface area contributed by atoms with Crippen LogP contribution in [0.2, 0.25) is 0 Å². The van der Waals surface area contributed by atoms with Crippen molar-refractivity contribution in [2.24, 2.45) is 0 Å². The smallest absolute Gasteiger partial charge is 0.0585 e. The summed E-state index contributed by atoms with van der Waals surface area (Å²) in [5.41, 5.74) is 0. The van der Waals surface area contributed by atoms with Gasteiger partial charge < -0.3 is 15.3 Å². The second-order valence-corrected chi connectivity index (χ2v) is 6.03. The number of nitrogens with one attached hydrogen (secondary N) is 1. The van der Waals surface area contributed by atoms with Crippen LogP contribution in [0, 0.1) is 0 Å². The van der Waals surface area contributed by atoms with Crippen LogP contribution in [0.1, 0.15) is 58.3 Å². The molecule has 1 atom stereocenters. The molecule has 0 heterocycles. The molecule has 0 aliphatic heterocycles. The lowest BCUT2D eigenvalue weighted by Gasteiger charge is -2.34. The minimum atomic E-state index is 0.290. The highest BCUT2D eigenvalue weighted by molar-refractivity contribution is 4.85. The van der Waals surface area contributed by atoms with E-state index < -0.39 is 0 Å². The van der Waals surface area contributed by atoms with E-state index in [2.05, 4.69) is 17.1 Å². The summed E-state index contributed by atoms with van der Waals surface area (Å²) in [6.45, 7) is 4.87. The fraction of sp³-hybridized carbons (Fsp3) is 1.00. The molecule has 106 valence electrons. The van der Waals surface area contributed by atoms with E-state index in [9.17, 15) is 5.11 Å². The van der Waals surface area contributed by atoms with Gasteiger partial charge in [-0.25, -0.2) is 0 Å². The van der Waals surface area contributed by atoms with Gasteiger partial charge in [-0.15, -0.1) is 0 Å². The molecule has 2 saturated carbocycles. The number of rotatable bonds is 8. The quantitative estimate of drug-likeness (QED) is 0.696. The van der Waals surface area contributed by atoms with Gasteiger partial charge in [0.1, 0.15) is 0 Å². The lowest BCUT2D eigenvalue weighted by Crippen LogP contribution is -2.42. The Morgan fingerprint density at radius 1 is 1.17 bits per heavy atom. The van der Waals surface area contributed by atoms with Gasteiger partial charge in [-0.1, -0.05) is 26.2 Å². The molecule has 0 bridgehead atoms. The average Bonchev–Trinajstić information content (AvgIpc) is 3.23. The SMILES string of the molecule is CCN(CCC(CO)NC1CC1)C1CCCCC1. The second-order valence-electron chi connectivity index (χ2n) is 6.03. The fourth-order valence-electron chi connectivity index (χ4n) is 3.18. The molecular formula is C15H30N2O. The summed E-state index contributed by atoms with van der Waals surface area (Å²) in [6, 6.07) is 1.83. The summed E-state index contributed by atoms with van der Waals surface area (Å²) in [6.07, 6.45) is 10.7. The monoisotopic (exact) mass is 254 g/mol. The van der Waals surface area contributed by atoms with Gasteiger partial charge in [0.2, 0.25) is 0 Å². The van der Waals surface area contributed by atoms with Gasteiger partial charge in [-0.05, 0) is 45.2 Å². The number of hydrogen-bond acceptors (Lipinski definition) is 3. The normalized spacial score (nSPS) is 23.5. The molecule has 0 aromatic rings. The molecule has 0 aromatic heterocycles. The third-order valence-electron chi connectivity index (χ3n) is 4.53. The number of hydrogen-bond donors (Lipinski definition) is 2. The van der Waals surface area contributed by atoms with E-state index >= 15 is 0 Å². The van der Waals surface area contributed by atoms with Gasteiger partial charge in [0, 0.05) is 18.1 Å². The zero-order valence-electron chi connectivity index (χ0n) is 11.9. The first kappa shape index (κ1) is 14.3. The number of aliphatic hydroxyl groups is 1. The highest BCUT2D eigenvalue weighted by Crippen LogP contribution is 2.23. The standard InChI is InChI=1S/C15H30N2O/c1-2-17(15-6-4-3-5-7-15)11-10-14(12-18)16-13-8-9-13/h13-16,18H,2-12H2,1H3. The zero-order chi connectivity index (χ0) is 12.8. The first-order chi connectivity index (χ1) is 8.83. The van der Waals surface area contributed by atoms with Crippen LogP contribution in [-0.2, 0) is 0 Å². The molecule has 0 radical (unpaired) electrons. The van der Waals surface area contributed by atoms with E-state index in [1.807, 2.05) is 0 Å². The van der Waals surface area contributed by atoms with E-state index in [0.717, 1.165) is 25.6 Å². The van der Waals surface area contributed by atoms with E-state index in [-0.39, 0.29) is 0 Å². The van der Waals surface area contributed by atoms with Gasteiger partial charge >= 0.3 is 0 Å². The Morgan fingerprint density at radius 2 is 1.89 bits per heavy atom. The van der Waals surface area contributed by atoms with Crippen LogP contribution >= 0.6 is 0 Å². The van der Waals surface area contributed by atoms with Crippen molar-refractivity contribution >= 4 is 0 Å². The van der Waals surface area contributed by atoms with E-state index in [0.29, 0.717) is 18.7 Å². The zero-order valence-corrected chi connectivity index (χ0v) is 11.9. The molecule has 0 spiro atoms. The molecule has 0 aromatic carbocycles. The summed E-state index contributed by atoms with van der Waals surface area (Å²) in [7, 11) is 0. The Hall–Kier alpha value is -0.120. The highest BCUT2D eigenvalue weighted by Gasteiger charge is 2.25. The Bertz CT molecular complexity index is 225. The summed E-state index contributed by atoms with van der Waals surface area (Å²) in [5, 5.41) is 13.0. The fourth-order valence-corrected chi connectivity index (χ4v) is 3.18. The molecule has 1 unspecified atom stereocenters. The average molecular weight is 254 g/mol. The van der Waals surface area contributed by atoms with Crippen LogP contribution < -0.4 is 5.32 Å². The predicted octanol–water partition coefficient (Wildman–Crippen LogP) is 2.14. The van der Waals surface area contributed by atoms with Crippen molar-refractivity contribution < 1.29 is 5.11 Å².